The van der Waals surface area contributed by atoms with E-state index in [2.05, 4.69) is 10.3 Å². The summed E-state index contributed by atoms with van der Waals surface area (Å²) in [5.74, 6) is -0.646. The van der Waals surface area contributed by atoms with Gasteiger partial charge in [-0.15, -0.1) is 0 Å². The number of carbonyl (C=O) groups excluding carboxylic acids is 1. The van der Waals surface area contributed by atoms with E-state index in [-0.39, 0.29) is 35.3 Å². The predicted molar refractivity (Wildman–Crippen MR) is 83.2 cm³/mol. The third-order valence-electron chi connectivity index (χ3n) is 2.97. The molecule has 1 heterocycles. The summed E-state index contributed by atoms with van der Waals surface area (Å²) in [4.78, 5) is 14.9. The number of para-hydroxylation sites is 1. The fraction of sp³-hybridized carbons (Fsp3) is 0.200. The number of amides is 1. The lowest BCUT2D eigenvalue weighted by Gasteiger charge is -2.14. The molecule has 0 saturated carbocycles. The van der Waals surface area contributed by atoms with Crippen molar-refractivity contribution in [2.24, 2.45) is 5.73 Å². The summed E-state index contributed by atoms with van der Waals surface area (Å²) < 4.78 is 43.6. The number of alkyl halides is 3. The van der Waals surface area contributed by atoms with Gasteiger partial charge >= 0.3 is 6.18 Å². The minimum Gasteiger partial charge on any atom is -0.491 e. The maximum Gasteiger partial charge on any atom is 0.419 e. The summed E-state index contributed by atoms with van der Waals surface area (Å²) >= 11 is 5.93. The van der Waals surface area contributed by atoms with E-state index < -0.39 is 17.6 Å². The fourth-order valence-corrected chi connectivity index (χ4v) is 2.09. The van der Waals surface area contributed by atoms with Gasteiger partial charge in [-0.3, -0.25) is 4.79 Å². The summed E-state index contributed by atoms with van der Waals surface area (Å²) in [6.07, 6.45) is -3.24. The Morgan fingerprint density at radius 2 is 2.04 bits per heavy atom. The van der Waals surface area contributed by atoms with E-state index in [9.17, 15) is 18.0 Å². The average Bonchev–Trinajstić information content (AvgIpc) is 2.52. The molecular weight excluding hydrogens is 347 g/mol. The molecule has 0 aliphatic rings. The van der Waals surface area contributed by atoms with Gasteiger partial charge in [-0.05, 0) is 18.2 Å². The van der Waals surface area contributed by atoms with Gasteiger partial charge in [0, 0.05) is 6.20 Å². The van der Waals surface area contributed by atoms with Crippen molar-refractivity contribution in [3.8, 4) is 5.75 Å². The number of hydrogen-bond acceptors (Lipinski definition) is 4. The molecule has 24 heavy (non-hydrogen) atoms. The summed E-state index contributed by atoms with van der Waals surface area (Å²) in [6, 6.07) is 6.29. The number of nitrogens with two attached hydrogens (primary N) is 1. The third-order valence-corrected chi connectivity index (χ3v) is 3.26. The summed E-state index contributed by atoms with van der Waals surface area (Å²) in [7, 11) is 0. The van der Waals surface area contributed by atoms with E-state index in [1.54, 1.807) is 0 Å². The number of carbonyl (C=O) groups is 1. The van der Waals surface area contributed by atoms with Crippen LogP contribution in [0.1, 0.15) is 15.9 Å². The Balaban J connectivity index is 1.94. The first kappa shape index (κ1) is 17.9. The van der Waals surface area contributed by atoms with E-state index >= 15 is 0 Å². The van der Waals surface area contributed by atoms with Gasteiger partial charge in [0.2, 0.25) is 5.91 Å². The highest BCUT2D eigenvalue weighted by atomic mass is 35.5. The molecule has 5 nitrogen and oxygen atoms in total. The van der Waals surface area contributed by atoms with E-state index in [4.69, 9.17) is 22.1 Å². The highest BCUT2D eigenvalue weighted by Crippen LogP contribution is 2.35. The van der Waals surface area contributed by atoms with Crippen LogP contribution in [0.5, 0.6) is 5.75 Å². The first-order valence-electron chi connectivity index (χ1n) is 6.77. The number of halogens is 4. The van der Waals surface area contributed by atoms with Gasteiger partial charge in [0.15, 0.2) is 0 Å². The molecule has 0 bridgehead atoms. The second-order valence-electron chi connectivity index (χ2n) is 4.69. The van der Waals surface area contributed by atoms with E-state index in [1.165, 1.54) is 30.5 Å². The molecule has 1 aromatic carbocycles. The zero-order valence-corrected chi connectivity index (χ0v) is 13.0. The molecule has 0 aliphatic carbocycles. The van der Waals surface area contributed by atoms with Gasteiger partial charge < -0.3 is 15.8 Å². The number of hydrogen-bond donors (Lipinski definition) is 2. The Kier molecular flexibility index (Phi) is 5.50. The van der Waals surface area contributed by atoms with Crippen LogP contribution >= 0.6 is 11.6 Å². The standard InChI is InChI=1S/C15H13ClF3N3O2/c16-11-7-9(13(20)23)8-22-14(11)21-5-6-24-12-4-2-1-3-10(12)15(17,18)19/h1-4,7-8H,5-6H2,(H2,20,23)(H,21,22). The van der Waals surface area contributed by atoms with Gasteiger partial charge in [0.05, 0.1) is 22.7 Å². The van der Waals surface area contributed by atoms with Crippen LogP contribution in [0.25, 0.3) is 0 Å². The molecular formula is C15H13ClF3N3O2. The molecule has 0 unspecified atom stereocenters. The maximum atomic E-state index is 12.8. The van der Waals surface area contributed by atoms with Crippen LogP contribution < -0.4 is 15.8 Å². The zero-order valence-electron chi connectivity index (χ0n) is 12.2. The normalized spacial score (nSPS) is 11.2. The van der Waals surface area contributed by atoms with Crippen molar-refractivity contribution in [3.05, 3.63) is 52.7 Å². The molecule has 2 aromatic rings. The van der Waals surface area contributed by atoms with Crippen molar-refractivity contribution in [2.75, 3.05) is 18.5 Å². The zero-order chi connectivity index (χ0) is 17.7. The van der Waals surface area contributed by atoms with Crippen LogP contribution in [0.3, 0.4) is 0 Å². The second-order valence-corrected chi connectivity index (χ2v) is 5.10. The van der Waals surface area contributed by atoms with Gasteiger partial charge in [0.1, 0.15) is 18.2 Å². The lowest BCUT2D eigenvalue weighted by atomic mass is 10.2. The molecule has 0 aliphatic heterocycles. The number of rotatable bonds is 6. The highest BCUT2D eigenvalue weighted by molar-refractivity contribution is 6.33. The Labute approximate surface area is 140 Å². The molecule has 9 heteroatoms. The van der Waals surface area contributed by atoms with Crippen molar-refractivity contribution < 1.29 is 22.7 Å². The quantitative estimate of drug-likeness (QED) is 0.775. The minimum atomic E-state index is -4.49. The molecule has 1 amide bonds. The second kappa shape index (κ2) is 7.39. The predicted octanol–water partition coefficient (Wildman–Crippen LogP) is 3.34. The molecule has 128 valence electrons. The summed E-state index contributed by atoms with van der Waals surface area (Å²) in [5.41, 5.74) is 4.41. The van der Waals surface area contributed by atoms with Crippen LogP contribution in [-0.2, 0) is 6.18 Å². The van der Waals surface area contributed by atoms with E-state index in [0.29, 0.717) is 0 Å². The topological polar surface area (TPSA) is 77.2 Å². The Morgan fingerprint density at radius 1 is 1.33 bits per heavy atom. The smallest absolute Gasteiger partial charge is 0.419 e. The highest BCUT2D eigenvalue weighted by Gasteiger charge is 2.33. The SMILES string of the molecule is NC(=O)c1cnc(NCCOc2ccccc2C(F)(F)F)c(Cl)c1. The Morgan fingerprint density at radius 3 is 2.67 bits per heavy atom. The average molecular weight is 360 g/mol. The van der Waals surface area contributed by atoms with Crippen molar-refractivity contribution in [2.45, 2.75) is 6.18 Å². The number of nitrogens with zero attached hydrogens (tertiary/aromatic N) is 1. The first-order valence-corrected chi connectivity index (χ1v) is 7.15. The van der Waals surface area contributed by atoms with Crippen LogP contribution in [0.2, 0.25) is 5.02 Å². The fourth-order valence-electron chi connectivity index (χ4n) is 1.86. The third kappa shape index (κ3) is 4.51. The van der Waals surface area contributed by atoms with E-state index in [1.807, 2.05) is 0 Å². The molecule has 0 saturated heterocycles. The lowest BCUT2D eigenvalue weighted by Crippen LogP contribution is -2.16. The minimum absolute atomic E-state index is 0.0390. The maximum absolute atomic E-state index is 12.8. The van der Waals surface area contributed by atoms with Crippen LogP contribution in [0.4, 0.5) is 19.0 Å². The number of anilines is 1. The number of primary amides is 1. The number of benzene rings is 1. The molecule has 0 spiro atoms. The molecule has 0 radical (unpaired) electrons. The number of nitrogens with one attached hydrogen (secondary N) is 1. The molecule has 0 fully saturated rings. The number of aromatic nitrogens is 1. The van der Waals surface area contributed by atoms with Gasteiger partial charge in [0.25, 0.3) is 0 Å². The van der Waals surface area contributed by atoms with Gasteiger partial charge in [-0.1, -0.05) is 23.7 Å². The van der Waals surface area contributed by atoms with Crippen molar-refractivity contribution in [3.63, 3.8) is 0 Å². The molecule has 3 N–H and O–H groups in total. The molecule has 1 aromatic heterocycles. The van der Waals surface area contributed by atoms with Crippen LogP contribution in [0.15, 0.2) is 36.5 Å². The van der Waals surface area contributed by atoms with Crippen LogP contribution in [-0.4, -0.2) is 24.0 Å². The van der Waals surface area contributed by atoms with Crippen LogP contribution in [0, 0.1) is 0 Å². The summed E-state index contributed by atoms with van der Waals surface area (Å²) in [6.45, 7) is 0.123. The van der Waals surface area contributed by atoms with Crippen molar-refractivity contribution >= 4 is 23.3 Å². The van der Waals surface area contributed by atoms with Gasteiger partial charge in [-0.2, -0.15) is 13.2 Å². The Hall–Kier alpha value is -2.48. The Bertz CT molecular complexity index is 738. The largest absolute Gasteiger partial charge is 0.491 e. The van der Waals surface area contributed by atoms with Crippen molar-refractivity contribution in [1.29, 1.82) is 0 Å². The summed E-state index contributed by atoms with van der Waals surface area (Å²) in [5, 5.41) is 2.97. The monoisotopic (exact) mass is 359 g/mol. The van der Waals surface area contributed by atoms with E-state index in [0.717, 1.165) is 6.07 Å². The lowest BCUT2D eigenvalue weighted by molar-refractivity contribution is -0.138. The van der Waals surface area contributed by atoms with Gasteiger partial charge in [-0.25, -0.2) is 4.98 Å². The number of pyridine rings is 1. The first-order chi connectivity index (χ1) is 11.3. The molecule has 2 rings (SSSR count). The van der Waals surface area contributed by atoms with Crippen molar-refractivity contribution in [1.82, 2.24) is 4.98 Å². The number of ether oxygens (including phenoxy) is 1. The molecule has 0 atom stereocenters.